The van der Waals surface area contributed by atoms with Gasteiger partial charge in [0.2, 0.25) is 0 Å². The van der Waals surface area contributed by atoms with Gasteiger partial charge in [-0.3, -0.25) is 10.1 Å². The molecule has 0 saturated carbocycles. The summed E-state index contributed by atoms with van der Waals surface area (Å²) < 4.78 is 0. The van der Waals surface area contributed by atoms with Crippen LogP contribution < -0.4 is 0 Å². The molecule has 0 bridgehead atoms. The predicted molar refractivity (Wildman–Crippen MR) is 56.0 cm³/mol. The molecule has 0 aliphatic carbocycles. The maximum absolute atomic E-state index is 10.4. The fourth-order valence-corrected chi connectivity index (χ4v) is 1.94. The van der Waals surface area contributed by atoms with Crippen LogP contribution in [0.1, 0.15) is 5.56 Å². The topological polar surface area (TPSA) is 43.1 Å². The van der Waals surface area contributed by atoms with E-state index in [2.05, 4.69) is 12.5 Å². The van der Waals surface area contributed by atoms with Gasteiger partial charge in [0, 0.05) is 17.7 Å². The summed E-state index contributed by atoms with van der Waals surface area (Å²) in [4.78, 5) is 10.1. The third-order valence-corrected chi connectivity index (χ3v) is 2.49. The monoisotopic (exact) mass is 198 g/mol. The summed E-state index contributed by atoms with van der Waals surface area (Å²) in [6, 6.07) is 6.83. The Morgan fingerprint density at radius 2 is 2.15 bits per heavy atom. The van der Waals surface area contributed by atoms with Gasteiger partial charge in [0.1, 0.15) is 5.75 Å². The number of hydrogen-bond donors (Lipinski definition) is 0. The molecule has 0 unspecified atom stereocenters. The summed E-state index contributed by atoms with van der Waals surface area (Å²) in [5.41, 5.74) is 1.23. The number of nitro benzene ring substituents is 1. The smallest absolute Gasteiger partial charge is 0.258 e. The molecule has 0 aliphatic rings. The van der Waals surface area contributed by atoms with E-state index in [9.17, 15) is 10.1 Å². The van der Waals surface area contributed by atoms with Gasteiger partial charge in [0.15, 0.2) is 0 Å². The Morgan fingerprint density at radius 3 is 2.69 bits per heavy atom. The van der Waals surface area contributed by atoms with Crippen molar-refractivity contribution in [2.75, 3.05) is 12.5 Å². The summed E-state index contributed by atoms with van der Waals surface area (Å²) in [7, 11) is 0.289. The highest BCUT2D eigenvalue weighted by Gasteiger charge is 2.09. The van der Waals surface area contributed by atoms with E-state index in [1.54, 1.807) is 12.1 Å². The highest BCUT2D eigenvalue weighted by Crippen LogP contribution is 2.14. The van der Waals surface area contributed by atoms with Gasteiger partial charge in [-0.1, -0.05) is 12.1 Å². The zero-order valence-corrected chi connectivity index (χ0v) is 8.50. The van der Waals surface area contributed by atoms with Crippen molar-refractivity contribution in [2.24, 2.45) is 0 Å². The third-order valence-electron chi connectivity index (χ3n) is 1.58. The number of nitrogens with zero attached hydrogens (tertiary/aromatic N) is 1. The third kappa shape index (κ3) is 3.06. The molecule has 0 aromatic heterocycles. The van der Waals surface area contributed by atoms with E-state index < -0.39 is 0 Å². The van der Waals surface area contributed by atoms with Gasteiger partial charge in [-0.25, -0.2) is 0 Å². The van der Waals surface area contributed by atoms with Crippen LogP contribution in [-0.2, 0) is 16.6 Å². The molecule has 1 aromatic carbocycles. The first-order valence-electron chi connectivity index (χ1n) is 3.87. The van der Waals surface area contributed by atoms with Crippen LogP contribution in [0.25, 0.3) is 0 Å². The first kappa shape index (κ1) is 10.1. The zero-order valence-electron chi connectivity index (χ0n) is 7.69. The van der Waals surface area contributed by atoms with Gasteiger partial charge >= 0.3 is 0 Å². The van der Waals surface area contributed by atoms with E-state index in [1.807, 2.05) is 6.07 Å². The second-order valence-corrected chi connectivity index (χ2v) is 5.32. The minimum Gasteiger partial charge on any atom is -0.258 e. The van der Waals surface area contributed by atoms with Gasteiger partial charge in [-0.2, -0.15) is 0 Å². The lowest BCUT2D eigenvalue weighted by molar-refractivity contribution is -0.384. The number of nitro groups is 1. The zero-order chi connectivity index (χ0) is 9.84. The molecular weight excluding hydrogens is 186 g/mol. The average molecular weight is 198 g/mol. The molecule has 0 atom stereocenters. The van der Waals surface area contributed by atoms with Crippen molar-refractivity contribution in [3.05, 3.63) is 39.9 Å². The van der Waals surface area contributed by atoms with Crippen molar-refractivity contribution in [3.8, 4) is 0 Å². The predicted octanol–water partition coefficient (Wildman–Crippen LogP) is 1.97. The molecule has 3 nitrogen and oxygen atoms in total. The minimum atomic E-state index is -0.354. The summed E-state index contributed by atoms with van der Waals surface area (Å²) in [6.07, 6.45) is 4.25. The van der Waals surface area contributed by atoms with E-state index in [1.165, 1.54) is 6.07 Å². The van der Waals surface area contributed by atoms with Gasteiger partial charge in [-0.05, 0) is 10.9 Å². The van der Waals surface area contributed by atoms with Crippen LogP contribution in [0.3, 0.4) is 0 Å². The van der Waals surface area contributed by atoms with E-state index >= 15 is 0 Å². The normalized spacial score (nSPS) is 10.4. The number of hydrogen-bond acceptors (Lipinski definition) is 2. The van der Waals surface area contributed by atoms with Crippen LogP contribution in [0.15, 0.2) is 24.3 Å². The fourth-order valence-electron chi connectivity index (χ4n) is 1.09. The van der Waals surface area contributed by atoms with Crippen molar-refractivity contribution in [2.45, 2.75) is 5.75 Å². The van der Waals surface area contributed by atoms with Crippen LogP contribution >= 0.6 is 0 Å². The second kappa shape index (κ2) is 4.28. The largest absolute Gasteiger partial charge is 0.269 e. The lowest BCUT2D eigenvalue weighted by atomic mass is 10.2. The highest BCUT2D eigenvalue weighted by atomic mass is 32.2. The summed E-state index contributed by atoms with van der Waals surface area (Å²) in [5.74, 6) is 0.918. The quantitative estimate of drug-likeness (QED) is 0.423. The van der Waals surface area contributed by atoms with Crippen molar-refractivity contribution in [1.29, 1.82) is 0 Å². The standard InChI is InChI=1S/C9H12NO2S/c1-13(2)7-8-4-3-5-9(6-8)10(11)12/h3-6H,7H2,1-2H3/q+1. The lowest BCUT2D eigenvalue weighted by Crippen LogP contribution is -1.99. The van der Waals surface area contributed by atoms with E-state index in [4.69, 9.17) is 0 Å². The molecule has 0 N–H and O–H groups in total. The molecule has 1 rings (SSSR count). The van der Waals surface area contributed by atoms with Crippen LogP contribution in [0.2, 0.25) is 0 Å². The first-order valence-corrected chi connectivity index (χ1v) is 6.08. The molecule has 0 spiro atoms. The average Bonchev–Trinajstić information content (AvgIpc) is 2.03. The first-order chi connectivity index (χ1) is 6.09. The Labute approximate surface area is 80.3 Å². The van der Waals surface area contributed by atoms with Gasteiger partial charge in [-0.15, -0.1) is 0 Å². The van der Waals surface area contributed by atoms with Gasteiger partial charge in [0.25, 0.3) is 5.69 Å². The van der Waals surface area contributed by atoms with Crippen molar-refractivity contribution < 1.29 is 4.92 Å². The van der Waals surface area contributed by atoms with Crippen molar-refractivity contribution in [3.63, 3.8) is 0 Å². The summed E-state index contributed by atoms with van der Waals surface area (Å²) in [5, 5.41) is 10.4. The number of rotatable bonds is 3. The molecule has 1 aromatic rings. The van der Waals surface area contributed by atoms with Crippen LogP contribution in [0, 0.1) is 10.1 Å². The SMILES string of the molecule is C[S+](C)Cc1cccc([N+](=O)[O-])c1. The Bertz CT molecular complexity index is 312. The Hall–Kier alpha value is -1.03. The molecule has 0 aliphatic heterocycles. The molecule has 4 heteroatoms. The lowest BCUT2D eigenvalue weighted by Gasteiger charge is -1.97. The molecule has 0 heterocycles. The Balaban J connectivity index is 2.85. The van der Waals surface area contributed by atoms with E-state index in [0.29, 0.717) is 0 Å². The van der Waals surface area contributed by atoms with Gasteiger partial charge < -0.3 is 0 Å². The molecular formula is C9H12NO2S+. The van der Waals surface area contributed by atoms with Crippen molar-refractivity contribution in [1.82, 2.24) is 0 Å². The summed E-state index contributed by atoms with van der Waals surface area (Å²) >= 11 is 0. The van der Waals surface area contributed by atoms with Crippen LogP contribution in [0.5, 0.6) is 0 Å². The Kier molecular flexibility index (Phi) is 3.31. The maximum atomic E-state index is 10.4. The van der Waals surface area contributed by atoms with E-state index in [0.717, 1.165) is 11.3 Å². The summed E-state index contributed by atoms with van der Waals surface area (Å²) in [6.45, 7) is 0. The Morgan fingerprint density at radius 1 is 1.46 bits per heavy atom. The molecule has 0 radical (unpaired) electrons. The second-order valence-electron chi connectivity index (χ2n) is 3.06. The molecule has 70 valence electrons. The van der Waals surface area contributed by atoms with Crippen LogP contribution in [-0.4, -0.2) is 17.4 Å². The fraction of sp³-hybridized carbons (Fsp3) is 0.333. The van der Waals surface area contributed by atoms with E-state index in [-0.39, 0.29) is 21.5 Å². The maximum Gasteiger partial charge on any atom is 0.269 e. The van der Waals surface area contributed by atoms with Crippen LogP contribution in [0.4, 0.5) is 5.69 Å². The minimum absolute atomic E-state index is 0.183. The number of non-ortho nitro benzene ring substituents is 1. The van der Waals surface area contributed by atoms with Crippen molar-refractivity contribution >= 4 is 16.6 Å². The van der Waals surface area contributed by atoms with Gasteiger partial charge in [0.05, 0.1) is 17.4 Å². The molecule has 0 amide bonds. The molecule has 13 heavy (non-hydrogen) atoms. The number of benzene rings is 1. The highest BCUT2D eigenvalue weighted by molar-refractivity contribution is 7.94. The molecule has 0 saturated heterocycles. The molecule has 0 fully saturated rings.